The smallest absolute Gasteiger partial charge is 0.130 e. The van der Waals surface area contributed by atoms with Gasteiger partial charge in [-0.2, -0.15) is 0 Å². The molecule has 0 saturated heterocycles. The van der Waals surface area contributed by atoms with Crippen molar-refractivity contribution in [2.24, 2.45) is 5.92 Å². The molecule has 1 heterocycles. The Hall–Kier alpha value is -0.770. The van der Waals surface area contributed by atoms with Gasteiger partial charge in [-0.15, -0.1) is 11.8 Å². The Bertz CT molecular complexity index is 299. The zero-order valence-corrected chi connectivity index (χ0v) is 9.18. The minimum Gasteiger partial charge on any atom is -0.370 e. The molecule has 0 spiro atoms. The highest BCUT2D eigenvalue weighted by Gasteiger charge is 2.16. The van der Waals surface area contributed by atoms with Crippen LogP contribution in [0.25, 0.3) is 0 Å². The predicted octanol–water partition coefficient (Wildman–Crippen LogP) is 2.41. The molecule has 1 aliphatic carbocycles. The number of thioether (sulfide) groups is 1. The third-order valence-electron chi connectivity index (χ3n) is 2.65. The quantitative estimate of drug-likeness (QED) is 0.610. The second kappa shape index (κ2) is 4.64. The minimum absolute atomic E-state index is 0.864. The van der Waals surface area contributed by atoms with Crippen molar-refractivity contribution < 1.29 is 0 Å². The second-order valence-electron chi connectivity index (χ2n) is 3.62. The molecule has 1 fully saturated rings. The van der Waals surface area contributed by atoms with Crippen LogP contribution in [0, 0.1) is 5.92 Å². The molecule has 1 aromatic rings. The summed E-state index contributed by atoms with van der Waals surface area (Å²) in [6.07, 6.45) is 7.78. The lowest BCUT2D eigenvalue weighted by Crippen LogP contribution is -2.21. The zero-order valence-electron chi connectivity index (χ0n) is 8.36. The van der Waals surface area contributed by atoms with Crippen molar-refractivity contribution >= 4 is 17.6 Å². The van der Waals surface area contributed by atoms with Gasteiger partial charge in [0.15, 0.2) is 0 Å². The van der Waals surface area contributed by atoms with Gasteiger partial charge >= 0.3 is 0 Å². The van der Waals surface area contributed by atoms with Gasteiger partial charge in [-0.25, -0.2) is 9.97 Å². The minimum atomic E-state index is 0.864. The van der Waals surface area contributed by atoms with E-state index in [2.05, 4.69) is 15.3 Å². The largest absolute Gasteiger partial charge is 0.370 e. The SMILES string of the molecule is CSc1cc(NCC2CCC2)ncn1. The average Bonchev–Trinajstić information content (AvgIpc) is 2.16. The Labute approximate surface area is 88.7 Å². The first-order chi connectivity index (χ1) is 6.88. The van der Waals surface area contributed by atoms with Crippen molar-refractivity contribution in [2.75, 3.05) is 18.1 Å². The second-order valence-corrected chi connectivity index (χ2v) is 4.45. The summed E-state index contributed by atoms with van der Waals surface area (Å²) >= 11 is 1.65. The molecule has 14 heavy (non-hydrogen) atoms. The van der Waals surface area contributed by atoms with Gasteiger partial charge in [0, 0.05) is 12.6 Å². The molecule has 4 heteroatoms. The Kier molecular flexibility index (Phi) is 3.24. The first kappa shape index (κ1) is 9.77. The normalized spacial score (nSPS) is 16.4. The molecule has 0 aromatic carbocycles. The lowest BCUT2D eigenvalue weighted by molar-refractivity contribution is 0.333. The fraction of sp³-hybridized carbons (Fsp3) is 0.600. The number of aromatic nitrogens is 2. The van der Waals surface area contributed by atoms with Crippen molar-refractivity contribution in [3.8, 4) is 0 Å². The molecule has 3 nitrogen and oxygen atoms in total. The highest BCUT2D eigenvalue weighted by molar-refractivity contribution is 7.98. The highest BCUT2D eigenvalue weighted by atomic mass is 32.2. The van der Waals surface area contributed by atoms with Crippen molar-refractivity contribution in [3.63, 3.8) is 0 Å². The average molecular weight is 209 g/mol. The van der Waals surface area contributed by atoms with E-state index in [4.69, 9.17) is 0 Å². The fourth-order valence-corrected chi connectivity index (χ4v) is 1.88. The maximum absolute atomic E-state index is 4.18. The number of anilines is 1. The number of nitrogens with zero attached hydrogens (tertiary/aromatic N) is 2. The van der Waals surface area contributed by atoms with Crippen molar-refractivity contribution in [3.05, 3.63) is 12.4 Å². The predicted molar refractivity (Wildman–Crippen MR) is 59.6 cm³/mol. The number of nitrogens with one attached hydrogen (secondary N) is 1. The monoisotopic (exact) mass is 209 g/mol. The summed E-state index contributed by atoms with van der Waals surface area (Å²) in [6, 6.07) is 2.00. The Morgan fingerprint density at radius 1 is 1.50 bits per heavy atom. The van der Waals surface area contributed by atoms with Gasteiger partial charge in [-0.1, -0.05) is 6.42 Å². The van der Waals surface area contributed by atoms with Crippen LogP contribution in [0.2, 0.25) is 0 Å². The summed E-state index contributed by atoms with van der Waals surface area (Å²) in [5.74, 6) is 1.82. The van der Waals surface area contributed by atoms with E-state index in [0.717, 1.165) is 23.3 Å². The molecule has 76 valence electrons. The molecule has 0 bridgehead atoms. The molecular weight excluding hydrogens is 194 g/mol. The van der Waals surface area contributed by atoms with Crippen molar-refractivity contribution in [2.45, 2.75) is 24.3 Å². The first-order valence-electron chi connectivity index (χ1n) is 4.98. The molecule has 0 aliphatic heterocycles. The highest BCUT2D eigenvalue weighted by Crippen LogP contribution is 2.26. The molecule has 0 unspecified atom stereocenters. The van der Waals surface area contributed by atoms with Crippen LogP contribution < -0.4 is 5.32 Å². The van der Waals surface area contributed by atoms with Crippen LogP contribution in [-0.4, -0.2) is 22.8 Å². The summed E-state index contributed by atoms with van der Waals surface area (Å²) in [7, 11) is 0. The van der Waals surface area contributed by atoms with Crippen LogP contribution in [0.5, 0.6) is 0 Å². The summed E-state index contributed by atoms with van der Waals surface area (Å²) in [6.45, 7) is 1.06. The summed E-state index contributed by atoms with van der Waals surface area (Å²) < 4.78 is 0. The summed E-state index contributed by atoms with van der Waals surface area (Å²) in [4.78, 5) is 8.31. The molecular formula is C10H15N3S. The van der Waals surface area contributed by atoms with E-state index in [0.29, 0.717) is 0 Å². The maximum atomic E-state index is 4.18. The van der Waals surface area contributed by atoms with Gasteiger partial charge in [-0.3, -0.25) is 0 Å². The van der Waals surface area contributed by atoms with E-state index >= 15 is 0 Å². The molecule has 1 aliphatic rings. The molecule has 1 aromatic heterocycles. The molecule has 2 rings (SSSR count). The van der Waals surface area contributed by atoms with Crippen LogP contribution in [0.4, 0.5) is 5.82 Å². The van der Waals surface area contributed by atoms with Gasteiger partial charge in [0.25, 0.3) is 0 Å². The Morgan fingerprint density at radius 3 is 3.00 bits per heavy atom. The molecule has 0 atom stereocenters. The van der Waals surface area contributed by atoms with Gasteiger partial charge in [0.1, 0.15) is 17.2 Å². The Morgan fingerprint density at radius 2 is 2.36 bits per heavy atom. The third kappa shape index (κ3) is 2.38. The fourth-order valence-electron chi connectivity index (χ4n) is 1.49. The molecule has 1 N–H and O–H groups in total. The van der Waals surface area contributed by atoms with Crippen LogP contribution in [0.15, 0.2) is 17.4 Å². The summed E-state index contributed by atoms with van der Waals surface area (Å²) in [5.41, 5.74) is 0. The number of rotatable bonds is 4. The molecule has 1 saturated carbocycles. The van der Waals surface area contributed by atoms with Gasteiger partial charge in [0.2, 0.25) is 0 Å². The van der Waals surface area contributed by atoms with Crippen molar-refractivity contribution in [1.29, 1.82) is 0 Å². The summed E-state index contributed by atoms with van der Waals surface area (Å²) in [5, 5.41) is 4.38. The standard InChI is InChI=1S/C10H15N3S/c1-14-10-5-9(12-7-13-10)11-6-8-3-2-4-8/h5,7-8H,2-4,6H2,1H3,(H,11,12,13). The lowest BCUT2D eigenvalue weighted by atomic mass is 9.85. The van der Waals surface area contributed by atoms with Crippen LogP contribution >= 0.6 is 11.8 Å². The van der Waals surface area contributed by atoms with Gasteiger partial charge in [0.05, 0.1) is 0 Å². The van der Waals surface area contributed by atoms with E-state index in [1.807, 2.05) is 12.3 Å². The van der Waals surface area contributed by atoms with Crippen LogP contribution in [-0.2, 0) is 0 Å². The molecule has 0 amide bonds. The topological polar surface area (TPSA) is 37.8 Å². The molecule has 0 radical (unpaired) electrons. The van der Waals surface area contributed by atoms with E-state index in [-0.39, 0.29) is 0 Å². The number of hydrogen-bond acceptors (Lipinski definition) is 4. The van der Waals surface area contributed by atoms with Gasteiger partial charge in [-0.05, 0) is 25.0 Å². The van der Waals surface area contributed by atoms with E-state index < -0.39 is 0 Å². The maximum Gasteiger partial charge on any atom is 0.130 e. The van der Waals surface area contributed by atoms with E-state index in [1.54, 1.807) is 18.1 Å². The van der Waals surface area contributed by atoms with Crippen molar-refractivity contribution in [1.82, 2.24) is 9.97 Å². The zero-order chi connectivity index (χ0) is 9.80. The number of hydrogen-bond donors (Lipinski definition) is 1. The van der Waals surface area contributed by atoms with E-state index in [1.165, 1.54) is 19.3 Å². The third-order valence-corrected chi connectivity index (χ3v) is 3.29. The van der Waals surface area contributed by atoms with E-state index in [9.17, 15) is 0 Å². The first-order valence-corrected chi connectivity index (χ1v) is 6.21. The lowest BCUT2D eigenvalue weighted by Gasteiger charge is -2.25. The van der Waals surface area contributed by atoms with Gasteiger partial charge < -0.3 is 5.32 Å². The van der Waals surface area contributed by atoms with Crippen LogP contribution in [0.3, 0.4) is 0 Å². The Balaban J connectivity index is 1.87. The van der Waals surface area contributed by atoms with Crippen LogP contribution in [0.1, 0.15) is 19.3 Å².